The molecule has 21 heavy (non-hydrogen) atoms. The number of carbonyl (C=O) groups is 1. The number of benzene rings is 1. The van der Waals surface area contributed by atoms with Crippen LogP contribution in [-0.2, 0) is 13.0 Å². The Balaban J connectivity index is 0.00000161. The van der Waals surface area contributed by atoms with Gasteiger partial charge in [-0.25, -0.2) is 4.39 Å². The first kappa shape index (κ1) is 15.9. The van der Waals surface area contributed by atoms with Crippen molar-refractivity contribution in [2.75, 3.05) is 11.9 Å². The predicted octanol–water partition coefficient (Wildman–Crippen LogP) is 3.52. The van der Waals surface area contributed by atoms with Crippen LogP contribution in [0, 0.1) is 12.7 Å². The highest BCUT2D eigenvalue weighted by molar-refractivity contribution is 7.12. The van der Waals surface area contributed by atoms with Gasteiger partial charge in [0.25, 0.3) is 5.91 Å². The average molecular weight is 327 g/mol. The van der Waals surface area contributed by atoms with Crippen LogP contribution >= 0.6 is 23.7 Å². The van der Waals surface area contributed by atoms with Gasteiger partial charge in [-0.2, -0.15) is 0 Å². The highest BCUT2D eigenvalue weighted by Gasteiger charge is 2.18. The van der Waals surface area contributed by atoms with Gasteiger partial charge in [0.05, 0.1) is 10.6 Å². The van der Waals surface area contributed by atoms with Crippen molar-refractivity contribution in [2.45, 2.75) is 19.9 Å². The van der Waals surface area contributed by atoms with Crippen molar-refractivity contribution in [3.8, 4) is 0 Å². The third kappa shape index (κ3) is 3.10. The van der Waals surface area contributed by atoms with Crippen molar-refractivity contribution in [1.29, 1.82) is 0 Å². The molecule has 0 fully saturated rings. The predicted molar refractivity (Wildman–Crippen MR) is 86.1 cm³/mol. The molecule has 0 bridgehead atoms. The minimum absolute atomic E-state index is 0. The lowest BCUT2D eigenvalue weighted by Gasteiger charge is -2.19. The summed E-state index contributed by atoms with van der Waals surface area (Å²) in [6.45, 7) is 3.33. The molecule has 0 atom stereocenters. The summed E-state index contributed by atoms with van der Waals surface area (Å²) in [5, 5.41) is 7.75. The Hall–Kier alpha value is -1.43. The van der Waals surface area contributed by atoms with Crippen molar-refractivity contribution in [3.63, 3.8) is 0 Å². The number of rotatable bonds is 2. The summed E-state index contributed by atoms with van der Waals surface area (Å²) in [6.07, 6.45) is 0.656. The van der Waals surface area contributed by atoms with Gasteiger partial charge in [-0.15, -0.1) is 23.7 Å². The minimum Gasteiger partial charge on any atom is -0.319 e. The van der Waals surface area contributed by atoms with Gasteiger partial charge >= 0.3 is 0 Å². The fourth-order valence-electron chi connectivity index (χ4n) is 2.41. The maximum absolute atomic E-state index is 14.4. The van der Waals surface area contributed by atoms with E-state index < -0.39 is 0 Å². The van der Waals surface area contributed by atoms with Crippen LogP contribution in [0.5, 0.6) is 0 Å². The number of hydrogen-bond acceptors (Lipinski definition) is 3. The van der Waals surface area contributed by atoms with E-state index in [1.807, 2.05) is 24.4 Å². The second-order valence-corrected chi connectivity index (χ2v) is 5.79. The molecule has 0 saturated heterocycles. The molecule has 0 radical (unpaired) electrons. The SMILES string of the molecule is Cc1ccsc1C(=O)Nc1ccc2c(c1F)CCNC2.Cl. The lowest BCUT2D eigenvalue weighted by atomic mass is 9.99. The number of hydrogen-bond donors (Lipinski definition) is 2. The van der Waals surface area contributed by atoms with Crippen molar-refractivity contribution in [2.24, 2.45) is 0 Å². The van der Waals surface area contributed by atoms with Crippen molar-refractivity contribution >= 4 is 35.3 Å². The zero-order chi connectivity index (χ0) is 14.1. The summed E-state index contributed by atoms with van der Waals surface area (Å²) in [5.74, 6) is -0.545. The molecule has 2 aromatic rings. The van der Waals surface area contributed by atoms with E-state index in [0.717, 1.165) is 17.7 Å². The quantitative estimate of drug-likeness (QED) is 0.886. The molecule has 3 nitrogen and oxygen atoms in total. The second kappa shape index (κ2) is 6.56. The molecule has 2 N–H and O–H groups in total. The normalized spacial score (nSPS) is 13.2. The lowest BCUT2D eigenvalue weighted by Crippen LogP contribution is -2.25. The van der Waals surface area contributed by atoms with Crippen LogP contribution in [0.25, 0.3) is 0 Å². The zero-order valence-corrected chi connectivity index (χ0v) is 13.2. The fraction of sp³-hybridized carbons (Fsp3) is 0.267. The van der Waals surface area contributed by atoms with Gasteiger partial charge in [0.2, 0.25) is 0 Å². The summed E-state index contributed by atoms with van der Waals surface area (Å²) in [4.78, 5) is 12.8. The van der Waals surface area contributed by atoms with Gasteiger partial charge in [-0.05, 0) is 54.1 Å². The van der Waals surface area contributed by atoms with Crippen molar-refractivity contribution in [3.05, 3.63) is 51.0 Å². The van der Waals surface area contributed by atoms with Gasteiger partial charge in [0, 0.05) is 6.54 Å². The number of thiophene rings is 1. The van der Waals surface area contributed by atoms with Crippen LogP contribution in [0.15, 0.2) is 23.6 Å². The zero-order valence-electron chi connectivity index (χ0n) is 11.5. The number of anilines is 1. The van der Waals surface area contributed by atoms with E-state index in [4.69, 9.17) is 0 Å². The standard InChI is InChI=1S/C15H15FN2OS.ClH/c1-9-5-7-20-14(9)15(19)18-12-3-2-10-8-17-6-4-11(10)13(12)16;/h2-3,5,7,17H,4,6,8H2,1H3,(H,18,19);1H. The number of fused-ring (bicyclic) bond motifs is 1. The summed E-state index contributed by atoms with van der Waals surface area (Å²) in [6, 6.07) is 5.40. The monoisotopic (exact) mass is 326 g/mol. The molecular formula is C15H16ClFN2OS. The minimum atomic E-state index is -0.299. The molecule has 1 aliphatic heterocycles. The van der Waals surface area contributed by atoms with Gasteiger partial charge in [-0.3, -0.25) is 4.79 Å². The number of carbonyl (C=O) groups excluding carboxylic acids is 1. The molecule has 0 aliphatic carbocycles. The molecule has 0 saturated carbocycles. The molecule has 1 aromatic heterocycles. The van der Waals surface area contributed by atoms with E-state index in [1.54, 1.807) is 6.07 Å². The first-order chi connectivity index (χ1) is 9.66. The number of aryl methyl sites for hydroxylation is 1. The molecule has 0 spiro atoms. The Bertz CT molecular complexity index is 672. The fourth-order valence-corrected chi connectivity index (χ4v) is 3.23. The molecule has 1 aromatic carbocycles. The first-order valence-electron chi connectivity index (χ1n) is 6.53. The van der Waals surface area contributed by atoms with Crippen LogP contribution in [0.3, 0.4) is 0 Å². The Labute approximate surface area is 133 Å². The third-order valence-electron chi connectivity index (χ3n) is 3.52. The van der Waals surface area contributed by atoms with Crippen LogP contribution in [0.4, 0.5) is 10.1 Å². The lowest BCUT2D eigenvalue weighted by molar-refractivity contribution is 0.102. The summed E-state index contributed by atoms with van der Waals surface area (Å²) < 4.78 is 14.4. The maximum atomic E-state index is 14.4. The smallest absolute Gasteiger partial charge is 0.266 e. The highest BCUT2D eigenvalue weighted by Crippen LogP contribution is 2.26. The molecule has 0 unspecified atom stereocenters. The molecule has 6 heteroatoms. The van der Waals surface area contributed by atoms with Crippen LogP contribution in [-0.4, -0.2) is 12.5 Å². The number of nitrogens with one attached hydrogen (secondary N) is 2. The number of amides is 1. The largest absolute Gasteiger partial charge is 0.319 e. The van der Waals surface area contributed by atoms with E-state index >= 15 is 0 Å². The molecule has 1 aliphatic rings. The van der Waals surface area contributed by atoms with Crippen LogP contribution in [0.2, 0.25) is 0 Å². The highest BCUT2D eigenvalue weighted by atomic mass is 35.5. The molecule has 2 heterocycles. The van der Waals surface area contributed by atoms with E-state index in [9.17, 15) is 9.18 Å². The Morgan fingerprint density at radius 3 is 2.90 bits per heavy atom. The molecule has 112 valence electrons. The summed E-state index contributed by atoms with van der Waals surface area (Å²) in [7, 11) is 0. The summed E-state index contributed by atoms with van der Waals surface area (Å²) in [5.41, 5.74) is 2.86. The van der Waals surface area contributed by atoms with E-state index in [-0.39, 0.29) is 29.8 Å². The van der Waals surface area contributed by atoms with E-state index in [2.05, 4.69) is 10.6 Å². The molecule has 3 rings (SSSR count). The Morgan fingerprint density at radius 1 is 1.38 bits per heavy atom. The van der Waals surface area contributed by atoms with Gasteiger partial charge in [0.1, 0.15) is 5.82 Å². The first-order valence-corrected chi connectivity index (χ1v) is 7.41. The third-order valence-corrected chi connectivity index (χ3v) is 4.54. The van der Waals surface area contributed by atoms with Gasteiger partial charge < -0.3 is 10.6 Å². The van der Waals surface area contributed by atoms with E-state index in [1.165, 1.54) is 11.3 Å². The van der Waals surface area contributed by atoms with Crippen molar-refractivity contribution in [1.82, 2.24) is 5.32 Å². The summed E-state index contributed by atoms with van der Waals surface area (Å²) >= 11 is 1.37. The second-order valence-electron chi connectivity index (χ2n) is 4.88. The van der Waals surface area contributed by atoms with Gasteiger partial charge in [0.15, 0.2) is 0 Å². The number of halogens is 2. The maximum Gasteiger partial charge on any atom is 0.266 e. The van der Waals surface area contributed by atoms with Crippen LogP contribution < -0.4 is 10.6 Å². The Kier molecular flexibility index (Phi) is 4.98. The van der Waals surface area contributed by atoms with E-state index in [0.29, 0.717) is 23.4 Å². The van der Waals surface area contributed by atoms with Crippen LogP contribution in [0.1, 0.15) is 26.4 Å². The van der Waals surface area contributed by atoms with Crippen molar-refractivity contribution < 1.29 is 9.18 Å². The molecular weight excluding hydrogens is 311 g/mol. The Morgan fingerprint density at radius 2 is 2.19 bits per heavy atom. The molecule has 1 amide bonds. The topological polar surface area (TPSA) is 41.1 Å². The van der Waals surface area contributed by atoms with Gasteiger partial charge in [-0.1, -0.05) is 6.07 Å². The average Bonchev–Trinajstić information content (AvgIpc) is 2.88.